The van der Waals surface area contributed by atoms with Crippen LogP contribution in [0.5, 0.6) is 0 Å². The Bertz CT molecular complexity index is 473. The number of ether oxygens (including phenoxy) is 1. The normalized spacial score (nSPS) is 11.7. The van der Waals surface area contributed by atoms with Crippen LogP contribution in [-0.4, -0.2) is 41.8 Å². The standard InChI is InChI=1S/C14H21N3O4/c1-3-4-11(9-21-2)17-14(20)16-8-12-7-10(13(18)19)5-6-15-12/h5-7,11H,3-4,8-9H2,1-2H3,(H,18,19)(H2,16,17,20). The minimum absolute atomic E-state index is 0.0432. The number of carboxylic acids is 1. The highest BCUT2D eigenvalue weighted by Crippen LogP contribution is 2.02. The number of methoxy groups -OCH3 is 1. The third-order valence-electron chi connectivity index (χ3n) is 2.83. The second kappa shape index (κ2) is 8.91. The quantitative estimate of drug-likeness (QED) is 0.673. The van der Waals surface area contributed by atoms with Gasteiger partial charge in [0.25, 0.3) is 0 Å². The zero-order chi connectivity index (χ0) is 15.7. The largest absolute Gasteiger partial charge is 0.478 e. The van der Waals surface area contributed by atoms with Gasteiger partial charge in [0, 0.05) is 13.3 Å². The molecule has 0 radical (unpaired) electrons. The van der Waals surface area contributed by atoms with E-state index in [2.05, 4.69) is 15.6 Å². The van der Waals surface area contributed by atoms with Gasteiger partial charge in [-0.15, -0.1) is 0 Å². The molecule has 7 nitrogen and oxygen atoms in total. The first-order valence-corrected chi connectivity index (χ1v) is 6.78. The number of rotatable bonds is 8. The maximum Gasteiger partial charge on any atom is 0.335 e. The third kappa shape index (κ3) is 6.22. The summed E-state index contributed by atoms with van der Waals surface area (Å²) in [6.45, 7) is 2.65. The van der Waals surface area contributed by atoms with E-state index in [-0.39, 0.29) is 24.2 Å². The van der Waals surface area contributed by atoms with Crippen molar-refractivity contribution in [2.75, 3.05) is 13.7 Å². The average molecular weight is 295 g/mol. The summed E-state index contributed by atoms with van der Waals surface area (Å²) in [5, 5.41) is 14.3. The second-order valence-electron chi connectivity index (χ2n) is 4.61. The Morgan fingerprint density at radius 2 is 2.24 bits per heavy atom. The summed E-state index contributed by atoms with van der Waals surface area (Å²) in [4.78, 5) is 26.6. The number of amides is 2. The molecule has 1 unspecified atom stereocenters. The van der Waals surface area contributed by atoms with Crippen molar-refractivity contribution in [2.24, 2.45) is 0 Å². The first-order chi connectivity index (χ1) is 10.1. The van der Waals surface area contributed by atoms with Crippen molar-refractivity contribution in [3.8, 4) is 0 Å². The molecule has 1 atom stereocenters. The number of hydrogen-bond acceptors (Lipinski definition) is 4. The van der Waals surface area contributed by atoms with Crippen molar-refractivity contribution >= 4 is 12.0 Å². The van der Waals surface area contributed by atoms with Crippen LogP contribution in [0.4, 0.5) is 4.79 Å². The molecule has 0 aliphatic carbocycles. The highest BCUT2D eigenvalue weighted by atomic mass is 16.5. The fourth-order valence-electron chi connectivity index (χ4n) is 1.86. The molecule has 0 aliphatic heterocycles. The van der Waals surface area contributed by atoms with Crippen molar-refractivity contribution in [1.29, 1.82) is 0 Å². The maximum absolute atomic E-state index is 11.8. The van der Waals surface area contributed by atoms with Gasteiger partial charge < -0.3 is 20.5 Å². The molecule has 3 N–H and O–H groups in total. The van der Waals surface area contributed by atoms with E-state index in [1.807, 2.05) is 6.92 Å². The zero-order valence-electron chi connectivity index (χ0n) is 12.3. The van der Waals surface area contributed by atoms with E-state index in [0.717, 1.165) is 12.8 Å². The predicted octanol–water partition coefficient (Wildman–Crippen LogP) is 1.39. The molecule has 0 spiro atoms. The van der Waals surface area contributed by atoms with Crippen LogP contribution in [0.25, 0.3) is 0 Å². The molecule has 0 fully saturated rings. The van der Waals surface area contributed by atoms with Gasteiger partial charge in [0.05, 0.1) is 30.5 Å². The SMILES string of the molecule is CCCC(COC)NC(=O)NCc1cc(C(=O)O)ccn1. The van der Waals surface area contributed by atoms with Gasteiger partial charge in [0.15, 0.2) is 0 Å². The summed E-state index contributed by atoms with van der Waals surface area (Å²) in [5.74, 6) is -1.02. The van der Waals surface area contributed by atoms with Gasteiger partial charge in [-0.25, -0.2) is 9.59 Å². The molecular weight excluding hydrogens is 274 g/mol. The fourth-order valence-corrected chi connectivity index (χ4v) is 1.86. The molecule has 116 valence electrons. The van der Waals surface area contributed by atoms with Crippen LogP contribution in [0.2, 0.25) is 0 Å². The second-order valence-corrected chi connectivity index (χ2v) is 4.61. The van der Waals surface area contributed by atoms with E-state index in [1.54, 1.807) is 7.11 Å². The summed E-state index contributed by atoms with van der Waals surface area (Å²) >= 11 is 0. The van der Waals surface area contributed by atoms with Crippen LogP contribution in [-0.2, 0) is 11.3 Å². The van der Waals surface area contributed by atoms with E-state index in [9.17, 15) is 9.59 Å². The Labute approximate surface area is 123 Å². The number of aromatic nitrogens is 1. The minimum atomic E-state index is -1.02. The number of carbonyl (C=O) groups is 2. The summed E-state index contributed by atoms with van der Waals surface area (Å²) in [6.07, 6.45) is 3.17. The number of carboxylic acid groups (broad SMARTS) is 1. The fraction of sp³-hybridized carbons (Fsp3) is 0.500. The molecule has 1 aromatic rings. The number of hydrogen-bond donors (Lipinski definition) is 3. The molecule has 0 aliphatic rings. The van der Waals surface area contributed by atoms with E-state index in [4.69, 9.17) is 9.84 Å². The Kier molecular flexibility index (Phi) is 7.17. The average Bonchev–Trinajstić information content (AvgIpc) is 2.46. The molecule has 0 saturated heterocycles. The van der Waals surface area contributed by atoms with Gasteiger partial charge in [0.1, 0.15) is 0 Å². The maximum atomic E-state index is 11.8. The van der Waals surface area contributed by atoms with Gasteiger partial charge in [-0.1, -0.05) is 13.3 Å². The van der Waals surface area contributed by atoms with Gasteiger partial charge in [0.2, 0.25) is 0 Å². The topological polar surface area (TPSA) is 101 Å². The molecule has 2 amide bonds. The molecule has 0 aromatic carbocycles. The molecule has 1 rings (SSSR count). The lowest BCUT2D eigenvalue weighted by atomic mass is 10.2. The minimum Gasteiger partial charge on any atom is -0.478 e. The van der Waals surface area contributed by atoms with Crippen LogP contribution in [0.15, 0.2) is 18.3 Å². The van der Waals surface area contributed by atoms with Gasteiger partial charge in [-0.3, -0.25) is 4.98 Å². The first-order valence-electron chi connectivity index (χ1n) is 6.78. The van der Waals surface area contributed by atoms with Crippen LogP contribution < -0.4 is 10.6 Å². The molecule has 21 heavy (non-hydrogen) atoms. The van der Waals surface area contributed by atoms with Crippen molar-refractivity contribution in [1.82, 2.24) is 15.6 Å². The van der Waals surface area contributed by atoms with Crippen LogP contribution in [0.1, 0.15) is 35.8 Å². The van der Waals surface area contributed by atoms with Gasteiger partial charge >= 0.3 is 12.0 Å². The smallest absolute Gasteiger partial charge is 0.335 e. The highest BCUT2D eigenvalue weighted by Gasteiger charge is 2.11. The Hall–Kier alpha value is -2.15. The Balaban J connectivity index is 2.48. The summed E-state index contributed by atoms with van der Waals surface area (Å²) in [6, 6.07) is 2.47. The number of urea groups is 1. The zero-order valence-corrected chi connectivity index (χ0v) is 12.3. The Morgan fingerprint density at radius 1 is 1.48 bits per heavy atom. The first kappa shape index (κ1) is 16.9. The number of nitrogens with one attached hydrogen (secondary N) is 2. The molecule has 0 bridgehead atoms. The summed E-state index contributed by atoms with van der Waals surface area (Å²) < 4.78 is 5.04. The summed E-state index contributed by atoms with van der Waals surface area (Å²) in [5.41, 5.74) is 0.634. The lowest BCUT2D eigenvalue weighted by molar-refractivity contribution is 0.0696. The van der Waals surface area contributed by atoms with Crippen molar-refractivity contribution < 1.29 is 19.4 Å². The lowest BCUT2D eigenvalue weighted by Gasteiger charge is -2.17. The molecule has 0 saturated carbocycles. The van der Waals surface area contributed by atoms with E-state index in [0.29, 0.717) is 12.3 Å². The van der Waals surface area contributed by atoms with Crippen molar-refractivity contribution in [3.05, 3.63) is 29.6 Å². The van der Waals surface area contributed by atoms with E-state index in [1.165, 1.54) is 18.3 Å². The highest BCUT2D eigenvalue weighted by molar-refractivity contribution is 5.87. The van der Waals surface area contributed by atoms with Crippen molar-refractivity contribution in [3.63, 3.8) is 0 Å². The molecule has 1 aromatic heterocycles. The number of carbonyl (C=O) groups excluding carboxylic acids is 1. The van der Waals surface area contributed by atoms with E-state index < -0.39 is 5.97 Å². The predicted molar refractivity (Wildman–Crippen MR) is 77.1 cm³/mol. The number of aromatic carboxylic acids is 1. The lowest BCUT2D eigenvalue weighted by Crippen LogP contribution is -2.43. The Morgan fingerprint density at radius 3 is 2.86 bits per heavy atom. The van der Waals surface area contributed by atoms with Crippen LogP contribution in [0, 0.1) is 0 Å². The molecule has 7 heteroatoms. The van der Waals surface area contributed by atoms with Gasteiger partial charge in [-0.05, 0) is 18.6 Å². The van der Waals surface area contributed by atoms with Gasteiger partial charge in [-0.2, -0.15) is 0 Å². The third-order valence-corrected chi connectivity index (χ3v) is 2.83. The molecular formula is C14H21N3O4. The van der Waals surface area contributed by atoms with Crippen molar-refractivity contribution in [2.45, 2.75) is 32.4 Å². The van der Waals surface area contributed by atoms with Crippen LogP contribution >= 0.6 is 0 Å². The summed E-state index contributed by atoms with van der Waals surface area (Å²) in [7, 11) is 1.59. The number of pyridine rings is 1. The molecule has 1 heterocycles. The monoisotopic (exact) mass is 295 g/mol. The van der Waals surface area contributed by atoms with Crippen LogP contribution in [0.3, 0.4) is 0 Å². The number of nitrogens with zero attached hydrogens (tertiary/aromatic N) is 1. The van der Waals surface area contributed by atoms with E-state index >= 15 is 0 Å².